The highest BCUT2D eigenvalue weighted by Gasteiger charge is 2.19. The molecule has 0 aromatic carbocycles. The van der Waals surface area contributed by atoms with Gasteiger partial charge in [-0.05, 0) is 42.7 Å². The van der Waals surface area contributed by atoms with Gasteiger partial charge >= 0.3 is 0 Å². The zero-order valence-electron chi connectivity index (χ0n) is 13.1. The van der Waals surface area contributed by atoms with Crippen LogP contribution in [0.4, 0.5) is 0 Å². The topological polar surface area (TPSA) is 46.1 Å². The van der Waals surface area contributed by atoms with Crippen molar-refractivity contribution in [1.82, 2.24) is 15.1 Å². The summed E-state index contributed by atoms with van der Waals surface area (Å²) in [6, 6.07) is 2.35. The maximum Gasteiger partial charge on any atom is 0.223 e. The van der Waals surface area contributed by atoms with Crippen LogP contribution in [0.25, 0.3) is 0 Å². The van der Waals surface area contributed by atoms with Crippen molar-refractivity contribution in [1.29, 1.82) is 0 Å². The van der Waals surface area contributed by atoms with Gasteiger partial charge in [0.25, 0.3) is 0 Å². The molecule has 0 saturated heterocycles. The van der Waals surface area contributed by atoms with Crippen LogP contribution in [-0.4, -0.2) is 32.8 Å². The van der Waals surface area contributed by atoms with E-state index in [4.69, 9.17) is 0 Å². The zero-order chi connectivity index (χ0) is 15.9. The fraction of sp³-hybridized carbons (Fsp3) is 0.533. The monoisotopic (exact) mass is 355 g/mol. The fourth-order valence-electron chi connectivity index (χ4n) is 2.00. The average molecular weight is 356 g/mol. The van der Waals surface area contributed by atoms with Gasteiger partial charge < -0.3 is 4.90 Å². The Hall–Kier alpha value is -0.920. The molecule has 2 aromatic rings. The van der Waals surface area contributed by atoms with Crippen LogP contribution in [0.3, 0.4) is 0 Å². The van der Waals surface area contributed by atoms with E-state index in [-0.39, 0.29) is 11.9 Å². The standard InChI is InChI=1S/C15H21N3OS3/c1-4-11(2)18(9-13-5-7-20-10-13)14(19)6-8-21-15-17-16-12(3)22-15/h5,7,10-11H,4,6,8-9H2,1-3H3/t11-/m1/s1. The molecule has 4 nitrogen and oxygen atoms in total. The first-order valence-electron chi connectivity index (χ1n) is 7.33. The van der Waals surface area contributed by atoms with E-state index in [0.29, 0.717) is 13.0 Å². The predicted molar refractivity (Wildman–Crippen MR) is 94.6 cm³/mol. The first-order valence-corrected chi connectivity index (χ1v) is 10.1. The largest absolute Gasteiger partial charge is 0.336 e. The van der Waals surface area contributed by atoms with Crippen LogP contribution in [0.2, 0.25) is 0 Å². The van der Waals surface area contributed by atoms with Crippen molar-refractivity contribution >= 4 is 40.3 Å². The summed E-state index contributed by atoms with van der Waals surface area (Å²) in [5.41, 5.74) is 1.21. The molecule has 1 amide bonds. The predicted octanol–water partition coefficient (Wildman–Crippen LogP) is 4.22. The van der Waals surface area contributed by atoms with Crippen molar-refractivity contribution in [3.05, 3.63) is 27.4 Å². The number of aryl methyl sites for hydroxylation is 1. The van der Waals surface area contributed by atoms with Crippen molar-refractivity contribution in [2.24, 2.45) is 0 Å². The van der Waals surface area contributed by atoms with Crippen molar-refractivity contribution < 1.29 is 4.79 Å². The van der Waals surface area contributed by atoms with Crippen molar-refractivity contribution in [2.75, 3.05) is 5.75 Å². The van der Waals surface area contributed by atoms with Crippen LogP contribution in [0, 0.1) is 6.92 Å². The van der Waals surface area contributed by atoms with Gasteiger partial charge in [0, 0.05) is 24.8 Å². The number of carbonyl (C=O) groups excluding carboxylic acids is 1. The first-order chi connectivity index (χ1) is 10.6. The smallest absolute Gasteiger partial charge is 0.223 e. The minimum absolute atomic E-state index is 0.217. The lowest BCUT2D eigenvalue weighted by Gasteiger charge is -2.28. The van der Waals surface area contributed by atoms with Gasteiger partial charge in [-0.25, -0.2) is 0 Å². The van der Waals surface area contributed by atoms with Crippen LogP contribution in [0.5, 0.6) is 0 Å². The van der Waals surface area contributed by atoms with Crippen LogP contribution in [-0.2, 0) is 11.3 Å². The molecule has 2 rings (SSSR count). The Morgan fingerprint density at radius 1 is 1.45 bits per heavy atom. The number of thioether (sulfide) groups is 1. The van der Waals surface area contributed by atoms with E-state index in [0.717, 1.165) is 21.5 Å². The highest BCUT2D eigenvalue weighted by atomic mass is 32.2. The van der Waals surface area contributed by atoms with Crippen LogP contribution in [0.15, 0.2) is 21.2 Å². The van der Waals surface area contributed by atoms with E-state index in [9.17, 15) is 4.79 Å². The second-order valence-corrected chi connectivity index (χ2v) is 8.40. The molecule has 1 atom stereocenters. The molecular formula is C15H21N3OS3. The second-order valence-electron chi connectivity index (χ2n) is 5.10. The maximum atomic E-state index is 12.5. The van der Waals surface area contributed by atoms with Gasteiger partial charge in [0.15, 0.2) is 4.34 Å². The third-order valence-electron chi connectivity index (χ3n) is 3.43. The van der Waals surface area contributed by atoms with E-state index in [2.05, 4.69) is 40.9 Å². The quantitative estimate of drug-likeness (QED) is 0.665. The summed E-state index contributed by atoms with van der Waals surface area (Å²) in [5.74, 6) is 0.971. The Kier molecular flexibility index (Phi) is 6.85. The van der Waals surface area contributed by atoms with Gasteiger partial charge in [0.1, 0.15) is 5.01 Å². The van der Waals surface area contributed by atoms with E-state index >= 15 is 0 Å². The summed E-state index contributed by atoms with van der Waals surface area (Å²) < 4.78 is 0.943. The molecule has 0 saturated carbocycles. The molecule has 7 heteroatoms. The van der Waals surface area contributed by atoms with Crippen LogP contribution >= 0.6 is 34.4 Å². The second kappa shape index (κ2) is 8.64. The number of carbonyl (C=O) groups is 1. The Balaban J connectivity index is 1.87. The van der Waals surface area contributed by atoms with Crippen molar-refractivity contribution in [3.63, 3.8) is 0 Å². The third kappa shape index (κ3) is 5.07. The molecule has 0 fully saturated rings. The Morgan fingerprint density at radius 2 is 2.27 bits per heavy atom. The third-order valence-corrected chi connectivity index (χ3v) is 6.13. The van der Waals surface area contributed by atoms with Gasteiger partial charge in [-0.1, -0.05) is 30.0 Å². The molecule has 120 valence electrons. The maximum absolute atomic E-state index is 12.5. The van der Waals surface area contributed by atoms with Crippen LogP contribution < -0.4 is 0 Å². The lowest BCUT2D eigenvalue weighted by atomic mass is 10.2. The van der Waals surface area contributed by atoms with E-state index in [1.54, 1.807) is 34.4 Å². The number of nitrogens with zero attached hydrogens (tertiary/aromatic N) is 3. The highest BCUT2D eigenvalue weighted by Crippen LogP contribution is 2.23. The molecule has 22 heavy (non-hydrogen) atoms. The highest BCUT2D eigenvalue weighted by molar-refractivity contribution is 8.01. The summed E-state index contributed by atoms with van der Waals surface area (Å²) in [6.45, 7) is 6.89. The molecule has 0 radical (unpaired) electrons. The fourth-order valence-corrected chi connectivity index (χ4v) is 4.47. The summed E-state index contributed by atoms with van der Waals surface area (Å²) >= 11 is 4.87. The van der Waals surface area contributed by atoms with E-state index < -0.39 is 0 Å². The number of amides is 1. The van der Waals surface area contributed by atoms with Gasteiger partial charge in [-0.3, -0.25) is 4.79 Å². The molecule has 0 aliphatic heterocycles. The molecule has 0 unspecified atom stereocenters. The van der Waals surface area contributed by atoms with Crippen molar-refractivity contribution in [3.8, 4) is 0 Å². The SMILES string of the molecule is CC[C@@H](C)N(Cc1ccsc1)C(=O)CCSc1nnc(C)s1. The van der Waals surface area contributed by atoms with Crippen molar-refractivity contribution in [2.45, 2.75) is 50.5 Å². The first kappa shape index (κ1) is 17.4. The summed E-state index contributed by atoms with van der Waals surface area (Å²) in [7, 11) is 0. The number of hydrogen-bond donors (Lipinski definition) is 0. The molecule has 0 aliphatic rings. The number of thiophene rings is 1. The normalized spacial score (nSPS) is 12.3. The van der Waals surface area contributed by atoms with Gasteiger partial charge in [0.2, 0.25) is 5.91 Å². The van der Waals surface area contributed by atoms with Gasteiger partial charge in [0.05, 0.1) is 0 Å². The molecule has 0 bridgehead atoms. The molecule has 2 heterocycles. The molecule has 0 spiro atoms. The lowest BCUT2D eigenvalue weighted by Crippen LogP contribution is -2.37. The number of aromatic nitrogens is 2. The van der Waals surface area contributed by atoms with Crippen LogP contribution in [0.1, 0.15) is 37.3 Å². The Morgan fingerprint density at radius 3 is 2.86 bits per heavy atom. The van der Waals surface area contributed by atoms with E-state index in [1.165, 1.54) is 5.56 Å². The summed E-state index contributed by atoms with van der Waals surface area (Å²) in [6.07, 6.45) is 1.51. The van der Waals surface area contributed by atoms with Gasteiger partial charge in [-0.2, -0.15) is 11.3 Å². The minimum Gasteiger partial charge on any atom is -0.336 e. The molecule has 2 aromatic heterocycles. The van der Waals surface area contributed by atoms with E-state index in [1.807, 2.05) is 11.8 Å². The lowest BCUT2D eigenvalue weighted by molar-refractivity contribution is -0.133. The number of rotatable bonds is 8. The number of hydrogen-bond acceptors (Lipinski definition) is 6. The molecular weight excluding hydrogens is 334 g/mol. The average Bonchev–Trinajstić information content (AvgIpc) is 3.15. The Labute approximate surface area is 144 Å². The van der Waals surface area contributed by atoms with Gasteiger partial charge in [-0.15, -0.1) is 10.2 Å². The Bertz CT molecular complexity index is 583. The zero-order valence-corrected chi connectivity index (χ0v) is 15.6. The minimum atomic E-state index is 0.217. The molecule has 0 aliphatic carbocycles. The summed E-state index contributed by atoms with van der Waals surface area (Å²) in [4.78, 5) is 14.5. The molecule has 0 N–H and O–H groups in total. The summed E-state index contributed by atoms with van der Waals surface area (Å²) in [5, 5.41) is 13.2.